The highest BCUT2D eigenvalue weighted by atomic mass is 19.3. The Morgan fingerprint density at radius 2 is 1.48 bits per heavy atom. The summed E-state index contributed by atoms with van der Waals surface area (Å²) >= 11 is 0. The Morgan fingerprint density at radius 1 is 0.880 bits per heavy atom. The van der Waals surface area contributed by atoms with E-state index in [9.17, 15) is 13.6 Å². The van der Waals surface area contributed by atoms with Crippen LogP contribution in [0.15, 0.2) is 36.4 Å². The minimum Gasteiger partial charge on any atom is -0.454 e. The number of carbonyl (C=O) groups excluding carboxylic acids is 1. The van der Waals surface area contributed by atoms with Gasteiger partial charge < -0.3 is 18.9 Å². The van der Waals surface area contributed by atoms with Crippen LogP contribution in [0.1, 0.15) is 11.6 Å². The van der Waals surface area contributed by atoms with Gasteiger partial charge in [0.25, 0.3) is 0 Å². The first-order chi connectivity index (χ1) is 12.1. The van der Waals surface area contributed by atoms with E-state index in [1.165, 1.54) is 18.2 Å². The monoisotopic (exact) mass is 347 g/mol. The average Bonchev–Trinajstić information content (AvgIpc) is 3.26. The maximum atomic E-state index is 14.3. The molecular weight excluding hydrogens is 336 g/mol. The van der Waals surface area contributed by atoms with E-state index in [2.05, 4.69) is 0 Å². The van der Waals surface area contributed by atoms with Gasteiger partial charge in [0.1, 0.15) is 6.04 Å². The Morgan fingerprint density at radius 3 is 2.20 bits per heavy atom. The number of hydrogen-bond donors (Lipinski definition) is 0. The van der Waals surface area contributed by atoms with Crippen molar-refractivity contribution in [1.29, 1.82) is 0 Å². The normalized spacial score (nSPS) is 22.1. The van der Waals surface area contributed by atoms with E-state index in [4.69, 9.17) is 18.9 Å². The summed E-state index contributed by atoms with van der Waals surface area (Å²) in [6.45, 7) is 0.110. The second kappa shape index (κ2) is 4.75. The molecule has 0 radical (unpaired) electrons. The molecule has 2 aromatic carbocycles. The minimum atomic E-state index is -3.50. The molecule has 0 aromatic heterocycles. The van der Waals surface area contributed by atoms with Gasteiger partial charge >= 0.3 is 11.8 Å². The van der Waals surface area contributed by atoms with E-state index in [0.29, 0.717) is 28.7 Å². The summed E-state index contributed by atoms with van der Waals surface area (Å²) in [5, 5.41) is 0. The molecule has 8 heteroatoms. The molecule has 1 fully saturated rings. The quantitative estimate of drug-likeness (QED) is 0.782. The Labute approximate surface area is 140 Å². The smallest absolute Gasteiger partial charge is 0.349 e. The lowest BCUT2D eigenvalue weighted by atomic mass is 9.88. The van der Waals surface area contributed by atoms with Crippen molar-refractivity contribution in [2.45, 2.75) is 12.0 Å². The standard InChI is InChI=1S/C17H11F2NO5/c18-17(19)15(9-1-3-11-13(5-9)24-7-22-11)20(16(17)21)10-2-4-12-14(6-10)25-8-23-12/h1-6,15H,7-8H2. The van der Waals surface area contributed by atoms with Gasteiger partial charge in [-0.1, -0.05) is 6.07 Å². The highest BCUT2D eigenvalue weighted by Crippen LogP contribution is 2.52. The van der Waals surface area contributed by atoms with Crippen molar-refractivity contribution in [3.63, 3.8) is 0 Å². The minimum absolute atomic E-state index is 0.0463. The van der Waals surface area contributed by atoms with E-state index >= 15 is 0 Å². The third-order valence-electron chi connectivity index (χ3n) is 4.45. The van der Waals surface area contributed by atoms with Crippen LogP contribution >= 0.6 is 0 Å². The molecule has 3 heterocycles. The maximum absolute atomic E-state index is 14.3. The number of hydrogen-bond acceptors (Lipinski definition) is 5. The molecule has 5 rings (SSSR count). The van der Waals surface area contributed by atoms with Crippen LogP contribution in [0.25, 0.3) is 0 Å². The topological polar surface area (TPSA) is 57.2 Å². The van der Waals surface area contributed by atoms with Gasteiger partial charge in [-0.3, -0.25) is 9.69 Å². The van der Waals surface area contributed by atoms with E-state index in [-0.39, 0.29) is 19.1 Å². The van der Waals surface area contributed by atoms with Gasteiger partial charge in [-0.05, 0) is 29.8 Å². The molecular formula is C17H11F2NO5. The van der Waals surface area contributed by atoms with Crippen molar-refractivity contribution < 1.29 is 32.5 Å². The Kier molecular flexibility index (Phi) is 2.72. The zero-order chi connectivity index (χ0) is 17.2. The average molecular weight is 347 g/mol. The summed E-state index contributed by atoms with van der Waals surface area (Å²) in [6.07, 6.45) is 0. The third-order valence-corrected chi connectivity index (χ3v) is 4.45. The van der Waals surface area contributed by atoms with Crippen molar-refractivity contribution >= 4 is 11.6 Å². The van der Waals surface area contributed by atoms with E-state index < -0.39 is 17.9 Å². The molecule has 128 valence electrons. The fourth-order valence-corrected chi connectivity index (χ4v) is 3.23. The zero-order valence-corrected chi connectivity index (χ0v) is 12.7. The van der Waals surface area contributed by atoms with E-state index in [1.54, 1.807) is 18.2 Å². The number of fused-ring (bicyclic) bond motifs is 2. The molecule has 25 heavy (non-hydrogen) atoms. The predicted octanol–water partition coefficient (Wildman–Crippen LogP) is 2.87. The third kappa shape index (κ3) is 1.90. The highest BCUT2D eigenvalue weighted by Gasteiger charge is 2.64. The first-order valence-corrected chi connectivity index (χ1v) is 7.56. The molecule has 0 spiro atoms. The van der Waals surface area contributed by atoms with Crippen LogP contribution in [-0.4, -0.2) is 25.4 Å². The second-order valence-electron chi connectivity index (χ2n) is 5.85. The largest absolute Gasteiger partial charge is 0.454 e. The Balaban J connectivity index is 1.56. The van der Waals surface area contributed by atoms with Crippen molar-refractivity contribution in [3.05, 3.63) is 42.0 Å². The molecule has 0 bridgehead atoms. The van der Waals surface area contributed by atoms with Gasteiger partial charge in [0.15, 0.2) is 23.0 Å². The van der Waals surface area contributed by atoms with Crippen molar-refractivity contribution in [2.75, 3.05) is 18.5 Å². The molecule has 1 saturated heterocycles. The Hall–Kier alpha value is -3.03. The molecule has 6 nitrogen and oxygen atoms in total. The Bertz CT molecular complexity index is 901. The molecule has 0 saturated carbocycles. The van der Waals surface area contributed by atoms with Gasteiger partial charge in [0, 0.05) is 11.8 Å². The van der Waals surface area contributed by atoms with Gasteiger partial charge in [-0.15, -0.1) is 0 Å². The van der Waals surface area contributed by atoms with Gasteiger partial charge in [-0.25, -0.2) is 0 Å². The maximum Gasteiger partial charge on any atom is 0.349 e. The zero-order valence-electron chi connectivity index (χ0n) is 12.7. The summed E-state index contributed by atoms with van der Waals surface area (Å²) in [7, 11) is 0. The number of nitrogens with zero attached hydrogens (tertiary/aromatic N) is 1. The lowest BCUT2D eigenvalue weighted by Gasteiger charge is -2.46. The van der Waals surface area contributed by atoms with Crippen LogP contribution < -0.4 is 23.8 Å². The van der Waals surface area contributed by atoms with Crippen LogP contribution in [0.2, 0.25) is 0 Å². The van der Waals surface area contributed by atoms with Gasteiger partial charge in [0.05, 0.1) is 0 Å². The SMILES string of the molecule is O=C1N(c2ccc3c(c2)OCO3)C(c2ccc3c(c2)OCO3)C1(F)F. The second-order valence-corrected chi connectivity index (χ2v) is 5.85. The molecule has 1 atom stereocenters. The fraction of sp³-hybridized carbons (Fsp3) is 0.235. The summed E-state index contributed by atoms with van der Waals surface area (Å²) in [6, 6.07) is 7.81. The molecule has 3 aliphatic rings. The number of rotatable bonds is 2. The number of alkyl halides is 2. The van der Waals surface area contributed by atoms with Crippen LogP contribution in [0.3, 0.4) is 0 Å². The summed E-state index contributed by atoms with van der Waals surface area (Å²) in [5.41, 5.74) is 0.592. The molecule has 2 aromatic rings. The molecule has 0 N–H and O–H groups in total. The number of halogens is 2. The highest BCUT2D eigenvalue weighted by molar-refractivity contribution is 6.07. The van der Waals surface area contributed by atoms with Crippen molar-refractivity contribution in [3.8, 4) is 23.0 Å². The predicted molar refractivity (Wildman–Crippen MR) is 80.3 cm³/mol. The molecule has 0 aliphatic carbocycles. The first-order valence-electron chi connectivity index (χ1n) is 7.56. The lowest BCUT2D eigenvalue weighted by Crippen LogP contribution is -2.64. The van der Waals surface area contributed by atoms with E-state index in [0.717, 1.165) is 4.90 Å². The summed E-state index contributed by atoms with van der Waals surface area (Å²) in [4.78, 5) is 13.1. The van der Waals surface area contributed by atoms with E-state index in [1.807, 2.05) is 0 Å². The van der Waals surface area contributed by atoms with Crippen molar-refractivity contribution in [2.24, 2.45) is 0 Å². The first kappa shape index (κ1) is 14.3. The van der Waals surface area contributed by atoms with Crippen LogP contribution in [0, 0.1) is 0 Å². The fourth-order valence-electron chi connectivity index (χ4n) is 3.23. The number of amides is 1. The van der Waals surface area contributed by atoms with Gasteiger partial charge in [0.2, 0.25) is 13.6 Å². The number of carbonyl (C=O) groups is 1. The van der Waals surface area contributed by atoms with Crippen LogP contribution in [-0.2, 0) is 4.79 Å². The number of benzene rings is 2. The van der Waals surface area contributed by atoms with Gasteiger partial charge in [-0.2, -0.15) is 8.78 Å². The molecule has 1 amide bonds. The lowest BCUT2D eigenvalue weighted by molar-refractivity contribution is -0.162. The van der Waals surface area contributed by atoms with Crippen molar-refractivity contribution in [1.82, 2.24) is 0 Å². The number of β-lactam (4-membered cyclic amide) rings is 1. The summed E-state index contributed by atoms with van der Waals surface area (Å²) < 4.78 is 49.6. The number of ether oxygens (including phenoxy) is 4. The molecule has 1 unspecified atom stereocenters. The van der Waals surface area contributed by atoms with Crippen LogP contribution in [0.4, 0.5) is 14.5 Å². The van der Waals surface area contributed by atoms with Crippen LogP contribution in [0.5, 0.6) is 23.0 Å². The molecule has 3 aliphatic heterocycles. The number of anilines is 1. The summed E-state index contributed by atoms with van der Waals surface area (Å²) in [5.74, 6) is -2.93.